The van der Waals surface area contributed by atoms with Gasteiger partial charge in [0.1, 0.15) is 23.7 Å². The first-order chi connectivity index (χ1) is 18.9. The summed E-state index contributed by atoms with van der Waals surface area (Å²) in [6.45, 7) is 2.81. The number of hydrogen-bond acceptors (Lipinski definition) is 5. The second-order valence-electron chi connectivity index (χ2n) is 8.91. The maximum Gasteiger partial charge on any atom is 0.335 e. The third kappa shape index (κ3) is 5.63. The van der Waals surface area contributed by atoms with Gasteiger partial charge >= 0.3 is 6.03 Å². The summed E-state index contributed by atoms with van der Waals surface area (Å²) in [5.74, 6) is -0.513. The molecule has 4 amide bonds. The van der Waals surface area contributed by atoms with Gasteiger partial charge in [-0.15, -0.1) is 0 Å². The molecule has 0 atom stereocenters. The van der Waals surface area contributed by atoms with Crippen LogP contribution in [-0.2, 0) is 16.2 Å². The fraction of sp³-hybridized carbons (Fsp3) is 0.129. The van der Waals surface area contributed by atoms with Crippen LogP contribution in [0.4, 0.5) is 10.5 Å². The average Bonchev–Trinajstić information content (AvgIpc) is 2.94. The summed E-state index contributed by atoms with van der Waals surface area (Å²) in [4.78, 5) is 39.7. The molecule has 0 unspecified atom stereocenters. The monoisotopic (exact) mass is 540 g/mol. The summed E-state index contributed by atoms with van der Waals surface area (Å²) in [7, 11) is 0. The summed E-state index contributed by atoms with van der Waals surface area (Å²) >= 11 is 6.25. The molecule has 1 saturated heterocycles. The number of carbonyl (C=O) groups is 3. The lowest BCUT2D eigenvalue weighted by molar-refractivity contribution is -0.122. The van der Waals surface area contributed by atoms with Gasteiger partial charge in [0.15, 0.2) is 0 Å². The highest BCUT2D eigenvalue weighted by Crippen LogP contribution is 2.30. The Kier molecular flexibility index (Phi) is 7.61. The molecule has 1 N–H and O–H groups in total. The third-order valence-corrected chi connectivity index (χ3v) is 6.44. The Morgan fingerprint density at radius 1 is 0.897 bits per heavy atom. The first kappa shape index (κ1) is 26.0. The predicted octanol–water partition coefficient (Wildman–Crippen LogP) is 6.53. The van der Waals surface area contributed by atoms with E-state index in [0.29, 0.717) is 34.4 Å². The van der Waals surface area contributed by atoms with Gasteiger partial charge in [0.05, 0.1) is 12.3 Å². The van der Waals surface area contributed by atoms with Crippen molar-refractivity contribution < 1.29 is 23.9 Å². The number of benzene rings is 4. The fourth-order valence-corrected chi connectivity index (χ4v) is 4.48. The molecule has 1 heterocycles. The van der Waals surface area contributed by atoms with E-state index in [4.69, 9.17) is 21.1 Å². The van der Waals surface area contributed by atoms with E-state index >= 15 is 0 Å². The number of anilines is 1. The molecule has 1 aliphatic rings. The van der Waals surface area contributed by atoms with Crippen LogP contribution >= 0.6 is 11.6 Å². The summed E-state index contributed by atoms with van der Waals surface area (Å²) in [6, 6.07) is 24.6. The minimum Gasteiger partial charge on any atom is -0.494 e. The minimum absolute atomic E-state index is 0.224. The molecule has 5 rings (SSSR count). The van der Waals surface area contributed by atoms with Crippen molar-refractivity contribution in [2.45, 2.75) is 20.0 Å². The van der Waals surface area contributed by atoms with Crippen LogP contribution < -0.4 is 19.7 Å². The van der Waals surface area contributed by atoms with E-state index in [9.17, 15) is 14.4 Å². The lowest BCUT2D eigenvalue weighted by Crippen LogP contribution is -2.54. The van der Waals surface area contributed by atoms with Gasteiger partial charge in [0.25, 0.3) is 11.8 Å². The molecule has 0 spiro atoms. The van der Waals surface area contributed by atoms with Crippen molar-refractivity contribution in [3.05, 3.63) is 107 Å². The Bertz CT molecular complexity index is 1590. The van der Waals surface area contributed by atoms with E-state index in [1.165, 1.54) is 6.08 Å². The number of urea groups is 1. The molecule has 1 aliphatic heterocycles. The van der Waals surface area contributed by atoms with Crippen LogP contribution in [0.15, 0.2) is 90.5 Å². The van der Waals surface area contributed by atoms with Gasteiger partial charge in [-0.05, 0) is 71.3 Å². The zero-order valence-corrected chi connectivity index (χ0v) is 21.9. The molecule has 0 radical (unpaired) electrons. The Hall–Kier alpha value is -4.62. The summed E-state index contributed by atoms with van der Waals surface area (Å²) in [6.07, 6.45) is 2.24. The van der Waals surface area contributed by atoms with Crippen molar-refractivity contribution in [3.8, 4) is 11.5 Å². The number of hydrogen-bond donors (Lipinski definition) is 1. The van der Waals surface area contributed by atoms with E-state index in [-0.39, 0.29) is 12.2 Å². The number of amides is 4. The van der Waals surface area contributed by atoms with Crippen LogP contribution in [0, 0.1) is 0 Å². The predicted molar refractivity (Wildman–Crippen MR) is 151 cm³/mol. The van der Waals surface area contributed by atoms with Crippen LogP contribution in [-0.4, -0.2) is 24.5 Å². The van der Waals surface area contributed by atoms with Gasteiger partial charge in [-0.25, -0.2) is 9.69 Å². The number of halogens is 1. The molecular weight excluding hydrogens is 516 g/mol. The van der Waals surface area contributed by atoms with Gasteiger partial charge in [-0.1, -0.05) is 61.0 Å². The molecule has 1 fully saturated rings. The highest BCUT2D eigenvalue weighted by atomic mass is 35.5. The number of ether oxygens (including phenoxy) is 2. The van der Waals surface area contributed by atoms with Crippen molar-refractivity contribution in [1.82, 2.24) is 5.32 Å². The van der Waals surface area contributed by atoms with E-state index in [1.54, 1.807) is 42.5 Å². The van der Waals surface area contributed by atoms with Crippen LogP contribution in [0.2, 0.25) is 5.02 Å². The van der Waals surface area contributed by atoms with E-state index in [1.807, 2.05) is 49.4 Å². The Morgan fingerprint density at radius 3 is 2.46 bits per heavy atom. The van der Waals surface area contributed by atoms with Crippen LogP contribution in [0.5, 0.6) is 11.5 Å². The first-order valence-electron chi connectivity index (χ1n) is 12.5. The number of carbonyl (C=O) groups excluding carboxylic acids is 3. The van der Waals surface area contributed by atoms with Crippen LogP contribution in [0.3, 0.4) is 0 Å². The zero-order valence-electron chi connectivity index (χ0n) is 21.1. The Labute approximate surface area is 230 Å². The Balaban J connectivity index is 1.43. The third-order valence-electron chi connectivity index (χ3n) is 6.20. The molecule has 0 aliphatic carbocycles. The number of nitrogens with one attached hydrogen (secondary N) is 1. The molecule has 4 aromatic rings. The quantitative estimate of drug-likeness (QED) is 0.203. The largest absolute Gasteiger partial charge is 0.494 e. The fourth-order valence-electron chi connectivity index (χ4n) is 4.30. The zero-order chi connectivity index (χ0) is 27.4. The van der Waals surface area contributed by atoms with Crippen molar-refractivity contribution in [2.24, 2.45) is 0 Å². The molecule has 8 heteroatoms. The topological polar surface area (TPSA) is 84.9 Å². The number of nitrogens with zero attached hydrogens (tertiary/aromatic N) is 1. The number of rotatable bonds is 8. The van der Waals surface area contributed by atoms with Crippen LogP contribution in [0.1, 0.15) is 24.5 Å². The number of fused-ring (bicyclic) bond motifs is 1. The van der Waals surface area contributed by atoms with Gasteiger partial charge in [-0.3, -0.25) is 14.9 Å². The van der Waals surface area contributed by atoms with Gasteiger partial charge in [0.2, 0.25) is 0 Å². The van der Waals surface area contributed by atoms with Gasteiger partial charge in [0, 0.05) is 10.6 Å². The summed E-state index contributed by atoms with van der Waals surface area (Å²) in [5.41, 5.74) is 1.49. The molecule has 0 bridgehead atoms. The highest BCUT2D eigenvalue weighted by molar-refractivity contribution is 6.39. The molecule has 196 valence electrons. The van der Waals surface area contributed by atoms with E-state index < -0.39 is 17.8 Å². The molecule has 39 heavy (non-hydrogen) atoms. The van der Waals surface area contributed by atoms with E-state index in [0.717, 1.165) is 27.7 Å². The van der Waals surface area contributed by atoms with E-state index in [2.05, 4.69) is 5.32 Å². The standard InChI is InChI=1S/C31H25ClN2O5/c1-2-16-38-25-13-11-24(12-14-25)34-30(36)27(29(35)33-31(34)37)18-22-17-23(32)10-15-28(22)39-19-21-8-5-7-20-6-3-4-9-26(20)21/h3-15,17-18H,2,16,19H2,1H3,(H,33,35,37)/b27-18-. The molecule has 0 aromatic heterocycles. The average molecular weight is 541 g/mol. The second-order valence-corrected chi connectivity index (χ2v) is 9.35. The minimum atomic E-state index is -0.831. The SMILES string of the molecule is CCCOc1ccc(N2C(=O)NC(=O)/C(=C/c3cc(Cl)ccc3OCc3cccc4ccccc34)C2=O)cc1. The lowest BCUT2D eigenvalue weighted by atomic mass is 10.0. The first-order valence-corrected chi connectivity index (χ1v) is 12.9. The molecule has 4 aromatic carbocycles. The normalized spacial score (nSPS) is 14.6. The Morgan fingerprint density at radius 2 is 1.67 bits per heavy atom. The molecular formula is C31H25ClN2O5. The molecule has 0 saturated carbocycles. The summed E-state index contributed by atoms with van der Waals surface area (Å²) < 4.78 is 11.7. The number of imide groups is 2. The second kappa shape index (κ2) is 11.4. The summed E-state index contributed by atoms with van der Waals surface area (Å²) in [5, 5.41) is 4.80. The van der Waals surface area contributed by atoms with Gasteiger partial charge in [-0.2, -0.15) is 0 Å². The van der Waals surface area contributed by atoms with Crippen molar-refractivity contribution in [1.29, 1.82) is 0 Å². The number of barbiturate groups is 1. The smallest absolute Gasteiger partial charge is 0.335 e. The van der Waals surface area contributed by atoms with Gasteiger partial charge < -0.3 is 9.47 Å². The van der Waals surface area contributed by atoms with Crippen LogP contribution in [0.25, 0.3) is 16.8 Å². The molecule has 7 nitrogen and oxygen atoms in total. The maximum absolute atomic E-state index is 13.4. The van der Waals surface area contributed by atoms with Crippen molar-refractivity contribution in [3.63, 3.8) is 0 Å². The lowest BCUT2D eigenvalue weighted by Gasteiger charge is -2.26. The van der Waals surface area contributed by atoms with Crippen molar-refractivity contribution >= 4 is 52.0 Å². The van der Waals surface area contributed by atoms with Crippen molar-refractivity contribution in [2.75, 3.05) is 11.5 Å². The maximum atomic E-state index is 13.4. The highest BCUT2D eigenvalue weighted by Gasteiger charge is 2.37.